The number of ether oxygens (including phenoxy) is 1. The first kappa shape index (κ1) is 12.4. The number of hydrogen-bond donors (Lipinski definition) is 1. The smallest absolute Gasteiger partial charge is 0.302 e. The van der Waals surface area contributed by atoms with Gasteiger partial charge >= 0.3 is 5.97 Å². The van der Waals surface area contributed by atoms with E-state index in [2.05, 4.69) is 0 Å². The lowest BCUT2D eigenvalue weighted by Gasteiger charge is -2.26. The molecule has 0 aromatic rings. The monoisotopic (exact) mass is 235 g/mol. The van der Waals surface area contributed by atoms with E-state index < -0.39 is 15.4 Å². The van der Waals surface area contributed by atoms with Crippen molar-refractivity contribution in [3.8, 4) is 0 Å². The van der Waals surface area contributed by atoms with Crippen molar-refractivity contribution < 1.29 is 17.9 Å². The van der Waals surface area contributed by atoms with E-state index in [-0.39, 0.29) is 18.3 Å². The van der Waals surface area contributed by atoms with Gasteiger partial charge in [-0.05, 0) is 12.8 Å². The maximum Gasteiger partial charge on any atom is 0.302 e. The Kier molecular flexibility index (Phi) is 3.72. The fourth-order valence-electron chi connectivity index (χ4n) is 2.14. The largest absolute Gasteiger partial charge is 0.465 e. The van der Waals surface area contributed by atoms with Crippen molar-refractivity contribution >= 4 is 16.0 Å². The van der Waals surface area contributed by atoms with Crippen LogP contribution in [-0.4, -0.2) is 26.7 Å². The Bertz CT molecular complexity index is 330. The number of hydrogen-bond acceptors (Lipinski definition) is 4. The zero-order chi connectivity index (χ0) is 11.5. The van der Waals surface area contributed by atoms with Crippen molar-refractivity contribution in [2.75, 3.05) is 12.4 Å². The Hall–Kier alpha value is -0.620. The van der Waals surface area contributed by atoms with Crippen molar-refractivity contribution in [1.29, 1.82) is 0 Å². The Labute approximate surface area is 90.0 Å². The normalized spacial score (nSPS) is 20.1. The molecule has 1 aliphatic carbocycles. The summed E-state index contributed by atoms with van der Waals surface area (Å²) in [5, 5.41) is 5.04. The molecule has 0 aromatic heterocycles. The molecule has 0 aliphatic heterocycles. The van der Waals surface area contributed by atoms with Crippen molar-refractivity contribution in [2.24, 2.45) is 10.6 Å². The van der Waals surface area contributed by atoms with Crippen LogP contribution in [0.5, 0.6) is 0 Å². The number of rotatable bonds is 4. The second kappa shape index (κ2) is 4.49. The molecule has 1 saturated carbocycles. The average Bonchev–Trinajstić information content (AvgIpc) is 2.47. The van der Waals surface area contributed by atoms with Crippen molar-refractivity contribution in [1.82, 2.24) is 0 Å². The van der Waals surface area contributed by atoms with Crippen LogP contribution in [-0.2, 0) is 19.6 Å². The second-order valence-electron chi connectivity index (χ2n) is 4.29. The molecular weight excluding hydrogens is 218 g/mol. The molecule has 5 nitrogen and oxygen atoms in total. The molecule has 0 atom stereocenters. The summed E-state index contributed by atoms with van der Waals surface area (Å²) in [6.07, 6.45) is 3.46. The third kappa shape index (κ3) is 4.17. The van der Waals surface area contributed by atoms with Gasteiger partial charge in [-0.15, -0.1) is 0 Å². The molecule has 0 unspecified atom stereocenters. The van der Waals surface area contributed by atoms with Gasteiger partial charge in [-0.2, -0.15) is 0 Å². The molecule has 0 bridgehead atoms. The highest BCUT2D eigenvalue weighted by Gasteiger charge is 2.38. The van der Waals surface area contributed by atoms with Gasteiger partial charge in [0.15, 0.2) is 0 Å². The van der Waals surface area contributed by atoms with E-state index in [0.717, 1.165) is 25.7 Å². The van der Waals surface area contributed by atoms with Crippen molar-refractivity contribution in [2.45, 2.75) is 32.6 Å². The standard InChI is InChI=1S/C9H17NO4S/c1-8(11)14-6-9(4-2-3-5-9)7-15(10,12)13/h2-7H2,1H3,(H2,10,12,13). The van der Waals surface area contributed by atoms with Crippen LogP contribution < -0.4 is 5.14 Å². The van der Waals surface area contributed by atoms with E-state index >= 15 is 0 Å². The minimum atomic E-state index is -3.51. The molecule has 88 valence electrons. The molecular formula is C9H17NO4S. The van der Waals surface area contributed by atoms with Crippen molar-refractivity contribution in [3.63, 3.8) is 0 Å². The highest BCUT2D eigenvalue weighted by Crippen LogP contribution is 2.39. The lowest BCUT2D eigenvalue weighted by atomic mass is 9.90. The van der Waals surface area contributed by atoms with Gasteiger partial charge in [-0.3, -0.25) is 4.79 Å². The maximum atomic E-state index is 11.1. The predicted octanol–water partition coefficient (Wildman–Crippen LogP) is 0.398. The maximum absolute atomic E-state index is 11.1. The lowest BCUT2D eigenvalue weighted by molar-refractivity contribution is -0.144. The summed E-state index contributed by atoms with van der Waals surface area (Å²) in [5.74, 6) is -0.469. The van der Waals surface area contributed by atoms with Gasteiger partial charge in [0.1, 0.15) is 0 Å². The van der Waals surface area contributed by atoms with Gasteiger partial charge in [-0.25, -0.2) is 13.6 Å². The quantitative estimate of drug-likeness (QED) is 0.714. The number of nitrogens with two attached hydrogens (primary N) is 1. The summed E-state index contributed by atoms with van der Waals surface area (Å²) in [6, 6.07) is 0. The molecule has 6 heteroatoms. The minimum absolute atomic E-state index is 0.0900. The molecule has 1 aliphatic rings. The molecule has 0 heterocycles. The van der Waals surface area contributed by atoms with Crippen LogP contribution in [0.2, 0.25) is 0 Å². The van der Waals surface area contributed by atoms with Gasteiger partial charge in [0.2, 0.25) is 10.0 Å². The zero-order valence-electron chi connectivity index (χ0n) is 8.86. The minimum Gasteiger partial charge on any atom is -0.465 e. The number of primary sulfonamides is 1. The molecule has 0 amide bonds. The van der Waals surface area contributed by atoms with Gasteiger partial charge in [0.25, 0.3) is 0 Å². The van der Waals surface area contributed by atoms with Crippen LogP contribution >= 0.6 is 0 Å². The Morgan fingerprint density at radius 1 is 1.40 bits per heavy atom. The zero-order valence-corrected chi connectivity index (χ0v) is 9.68. The molecule has 15 heavy (non-hydrogen) atoms. The van der Waals surface area contributed by atoms with Crippen LogP contribution in [0, 0.1) is 5.41 Å². The van der Waals surface area contributed by atoms with Crippen LogP contribution in [0.25, 0.3) is 0 Å². The summed E-state index contributed by atoms with van der Waals surface area (Å²) in [6.45, 7) is 1.48. The number of carbonyl (C=O) groups is 1. The molecule has 0 saturated heterocycles. The van der Waals surface area contributed by atoms with E-state index in [1.807, 2.05) is 0 Å². The van der Waals surface area contributed by atoms with Crippen LogP contribution in [0.15, 0.2) is 0 Å². The van der Waals surface area contributed by atoms with E-state index in [1.54, 1.807) is 0 Å². The summed E-state index contributed by atoms with van der Waals surface area (Å²) in [4.78, 5) is 10.7. The Balaban J connectivity index is 2.66. The summed E-state index contributed by atoms with van der Waals surface area (Å²) in [5.41, 5.74) is -0.445. The van der Waals surface area contributed by atoms with Crippen LogP contribution in [0.4, 0.5) is 0 Å². The summed E-state index contributed by atoms with van der Waals surface area (Å²) >= 11 is 0. The summed E-state index contributed by atoms with van der Waals surface area (Å²) < 4.78 is 27.1. The number of carbonyl (C=O) groups excluding carboxylic acids is 1. The SMILES string of the molecule is CC(=O)OCC1(CS(N)(=O)=O)CCCC1. The van der Waals surface area contributed by atoms with E-state index in [4.69, 9.17) is 9.88 Å². The highest BCUT2D eigenvalue weighted by atomic mass is 32.2. The molecule has 0 aromatic carbocycles. The van der Waals surface area contributed by atoms with E-state index in [9.17, 15) is 13.2 Å². The lowest BCUT2D eigenvalue weighted by Crippen LogP contribution is -2.35. The van der Waals surface area contributed by atoms with E-state index in [0.29, 0.717) is 0 Å². The summed E-state index contributed by atoms with van der Waals surface area (Å²) in [7, 11) is -3.51. The van der Waals surface area contributed by atoms with Crippen LogP contribution in [0.3, 0.4) is 0 Å². The third-order valence-corrected chi connectivity index (χ3v) is 3.77. The fraction of sp³-hybridized carbons (Fsp3) is 0.889. The van der Waals surface area contributed by atoms with Gasteiger partial charge < -0.3 is 4.74 Å². The average molecular weight is 235 g/mol. The number of sulfonamides is 1. The topological polar surface area (TPSA) is 86.5 Å². The first-order chi connectivity index (χ1) is 6.83. The molecule has 0 spiro atoms. The second-order valence-corrected chi connectivity index (χ2v) is 5.91. The Morgan fingerprint density at radius 2 is 1.93 bits per heavy atom. The Morgan fingerprint density at radius 3 is 2.33 bits per heavy atom. The highest BCUT2D eigenvalue weighted by molar-refractivity contribution is 7.89. The number of esters is 1. The van der Waals surface area contributed by atoms with Crippen LogP contribution in [0.1, 0.15) is 32.6 Å². The molecule has 1 rings (SSSR count). The first-order valence-electron chi connectivity index (χ1n) is 4.97. The first-order valence-corrected chi connectivity index (χ1v) is 6.68. The molecule has 1 fully saturated rings. The molecule has 2 N–H and O–H groups in total. The fourth-order valence-corrected chi connectivity index (χ4v) is 3.36. The predicted molar refractivity (Wildman–Crippen MR) is 55.5 cm³/mol. The van der Waals surface area contributed by atoms with Gasteiger partial charge in [-0.1, -0.05) is 12.8 Å². The third-order valence-electron chi connectivity index (χ3n) is 2.75. The van der Waals surface area contributed by atoms with Crippen molar-refractivity contribution in [3.05, 3.63) is 0 Å². The van der Waals surface area contributed by atoms with E-state index in [1.165, 1.54) is 6.92 Å². The van der Waals surface area contributed by atoms with Gasteiger partial charge in [0.05, 0.1) is 12.4 Å². The van der Waals surface area contributed by atoms with Gasteiger partial charge in [0, 0.05) is 12.3 Å². The molecule has 0 radical (unpaired) electrons.